The van der Waals surface area contributed by atoms with Gasteiger partial charge in [0.25, 0.3) is 0 Å². The molecular weight excluding hydrogens is 248 g/mol. The van der Waals surface area contributed by atoms with E-state index >= 15 is 0 Å². The van der Waals surface area contributed by atoms with Crippen molar-refractivity contribution in [3.8, 4) is 11.8 Å². The van der Waals surface area contributed by atoms with Gasteiger partial charge in [-0.25, -0.2) is 0 Å². The first-order valence-electron chi connectivity index (χ1n) is 7.42. The van der Waals surface area contributed by atoms with Gasteiger partial charge in [0.1, 0.15) is 5.75 Å². The van der Waals surface area contributed by atoms with Crippen molar-refractivity contribution in [3.05, 3.63) is 29.3 Å². The van der Waals surface area contributed by atoms with E-state index in [9.17, 15) is 0 Å². The van der Waals surface area contributed by atoms with Gasteiger partial charge in [-0.2, -0.15) is 5.26 Å². The molecule has 1 aromatic rings. The van der Waals surface area contributed by atoms with Crippen LogP contribution in [0.4, 0.5) is 0 Å². The van der Waals surface area contributed by atoms with Crippen LogP contribution in [0, 0.1) is 23.2 Å². The zero-order valence-electron chi connectivity index (χ0n) is 12.6. The number of rotatable bonds is 4. The topological polar surface area (TPSA) is 45.0 Å². The van der Waals surface area contributed by atoms with E-state index in [0.717, 1.165) is 29.7 Å². The van der Waals surface area contributed by atoms with E-state index in [4.69, 9.17) is 10.00 Å². The van der Waals surface area contributed by atoms with Gasteiger partial charge in [-0.15, -0.1) is 0 Å². The molecule has 108 valence electrons. The number of hydrogen-bond acceptors (Lipinski definition) is 3. The van der Waals surface area contributed by atoms with Gasteiger partial charge in [0.15, 0.2) is 0 Å². The molecule has 0 amide bonds. The zero-order chi connectivity index (χ0) is 14.5. The van der Waals surface area contributed by atoms with Crippen molar-refractivity contribution in [1.82, 2.24) is 5.32 Å². The van der Waals surface area contributed by atoms with Crippen LogP contribution in [0.3, 0.4) is 0 Å². The molecule has 1 aromatic carbocycles. The fraction of sp³-hybridized carbons (Fsp3) is 0.588. The first-order valence-corrected chi connectivity index (χ1v) is 7.42. The Morgan fingerprint density at radius 3 is 2.55 bits per heavy atom. The summed E-state index contributed by atoms with van der Waals surface area (Å²) in [5, 5.41) is 12.6. The lowest BCUT2D eigenvalue weighted by Crippen LogP contribution is -2.36. The lowest BCUT2D eigenvalue weighted by Gasteiger charge is -2.32. The molecule has 0 aliphatic heterocycles. The van der Waals surface area contributed by atoms with Crippen molar-refractivity contribution < 1.29 is 4.74 Å². The standard InChI is InChI=1S/C17H24N2O/c1-12-6-13(2)8-16(7-12)19-11-15-9-14(10-18)4-5-17(15)20-3/h4-5,9,12-13,16,19H,6-8,11H2,1-3H3. The van der Waals surface area contributed by atoms with Crippen molar-refractivity contribution in [2.24, 2.45) is 11.8 Å². The average Bonchev–Trinajstić information content (AvgIpc) is 2.43. The third-order valence-electron chi connectivity index (χ3n) is 4.17. The summed E-state index contributed by atoms with van der Waals surface area (Å²) < 4.78 is 5.38. The summed E-state index contributed by atoms with van der Waals surface area (Å²) in [5.74, 6) is 2.44. The summed E-state index contributed by atoms with van der Waals surface area (Å²) in [6.07, 6.45) is 3.82. The number of nitrogens with zero attached hydrogens (tertiary/aromatic N) is 1. The lowest BCUT2D eigenvalue weighted by atomic mass is 9.80. The van der Waals surface area contributed by atoms with E-state index in [1.165, 1.54) is 19.3 Å². The van der Waals surface area contributed by atoms with Crippen LogP contribution >= 0.6 is 0 Å². The molecule has 2 rings (SSSR count). The van der Waals surface area contributed by atoms with Crippen molar-refractivity contribution in [2.45, 2.75) is 45.7 Å². The van der Waals surface area contributed by atoms with E-state index in [0.29, 0.717) is 11.6 Å². The monoisotopic (exact) mass is 272 g/mol. The number of hydrogen-bond donors (Lipinski definition) is 1. The Labute approximate surface area is 121 Å². The summed E-state index contributed by atoms with van der Waals surface area (Å²) >= 11 is 0. The van der Waals surface area contributed by atoms with E-state index in [-0.39, 0.29) is 0 Å². The molecular formula is C17H24N2O. The molecule has 3 nitrogen and oxygen atoms in total. The minimum Gasteiger partial charge on any atom is -0.496 e. The summed E-state index contributed by atoms with van der Waals surface area (Å²) in [4.78, 5) is 0. The molecule has 0 radical (unpaired) electrons. The van der Waals surface area contributed by atoms with E-state index < -0.39 is 0 Å². The third-order valence-corrected chi connectivity index (χ3v) is 4.17. The molecule has 0 aromatic heterocycles. The lowest BCUT2D eigenvalue weighted by molar-refractivity contribution is 0.237. The molecule has 2 unspecified atom stereocenters. The second-order valence-electron chi connectivity index (χ2n) is 6.13. The van der Waals surface area contributed by atoms with Gasteiger partial charge < -0.3 is 10.1 Å². The van der Waals surface area contributed by atoms with Crippen LogP contribution in [0.15, 0.2) is 18.2 Å². The van der Waals surface area contributed by atoms with Gasteiger partial charge in [-0.05, 0) is 49.3 Å². The highest BCUT2D eigenvalue weighted by Crippen LogP contribution is 2.29. The van der Waals surface area contributed by atoms with Gasteiger partial charge >= 0.3 is 0 Å². The Morgan fingerprint density at radius 2 is 1.95 bits per heavy atom. The Hall–Kier alpha value is -1.53. The number of nitriles is 1. The molecule has 1 fully saturated rings. The minimum absolute atomic E-state index is 0.573. The molecule has 2 atom stereocenters. The fourth-order valence-corrected chi connectivity index (χ4v) is 3.35. The highest BCUT2D eigenvalue weighted by Gasteiger charge is 2.23. The molecule has 1 saturated carbocycles. The first kappa shape index (κ1) is 14.9. The summed E-state index contributed by atoms with van der Waals surface area (Å²) in [6, 6.07) is 8.35. The van der Waals surface area contributed by atoms with Crippen molar-refractivity contribution in [3.63, 3.8) is 0 Å². The van der Waals surface area contributed by atoms with Crippen LogP contribution in [0.1, 0.15) is 44.2 Å². The molecule has 1 aliphatic carbocycles. The van der Waals surface area contributed by atoms with Crippen molar-refractivity contribution >= 4 is 0 Å². The SMILES string of the molecule is COc1ccc(C#N)cc1CNC1CC(C)CC(C)C1. The van der Waals surface area contributed by atoms with Gasteiger partial charge in [0.05, 0.1) is 18.7 Å². The third kappa shape index (κ3) is 3.74. The zero-order valence-corrected chi connectivity index (χ0v) is 12.6. The number of methoxy groups -OCH3 is 1. The van der Waals surface area contributed by atoms with Crippen molar-refractivity contribution in [2.75, 3.05) is 7.11 Å². The van der Waals surface area contributed by atoms with Crippen molar-refractivity contribution in [1.29, 1.82) is 5.26 Å². The van der Waals surface area contributed by atoms with Crippen LogP contribution in [0.25, 0.3) is 0 Å². The average molecular weight is 272 g/mol. The fourth-order valence-electron chi connectivity index (χ4n) is 3.35. The van der Waals surface area contributed by atoms with E-state index in [2.05, 4.69) is 25.2 Å². The molecule has 0 spiro atoms. The normalized spacial score (nSPS) is 26.0. The van der Waals surface area contributed by atoms with Crippen LogP contribution in [0.5, 0.6) is 5.75 Å². The second kappa shape index (κ2) is 6.76. The highest BCUT2D eigenvalue weighted by molar-refractivity contribution is 5.42. The maximum absolute atomic E-state index is 9.00. The maximum Gasteiger partial charge on any atom is 0.123 e. The van der Waals surface area contributed by atoms with E-state index in [1.54, 1.807) is 13.2 Å². The second-order valence-corrected chi connectivity index (χ2v) is 6.13. The van der Waals surface area contributed by atoms with Crippen LogP contribution < -0.4 is 10.1 Å². The quantitative estimate of drug-likeness (QED) is 0.912. The van der Waals surface area contributed by atoms with Crippen LogP contribution in [0.2, 0.25) is 0 Å². The molecule has 3 heteroatoms. The molecule has 1 N–H and O–H groups in total. The predicted molar refractivity (Wildman–Crippen MR) is 80.5 cm³/mol. The van der Waals surface area contributed by atoms with Crippen LogP contribution in [-0.4, -0.2) is 13.2 Å². The minimum atomic E-state index is 0.573. The molecule has 20 heavy (non-hydrogen) atoms. The summed E-state index contributed by atoms with van der Waals surface area (Å²) in [5.41, 5.74) is 1.76. The Morgan fingerprint density at radius 1 is 1.25 bits per heavy atom. The number of nitrogens with one attached hydrogen (secondary N) is 1. The number of ether oxygens (including phenoxy) is 1. The largest absolute Gasteiger partial charge is 0.496 e. The number of benzene rings is 1. The van der Waals surface area contributed by atoms with Gasteiger partial charge in [-0.1, -0.05) is 13.8 Å². The molecule has 0 saturated heterocycles. The first-order chi connectivity index (χ1) is 9.62. The predicted octanol–water partition coefficient (Wildman–Crippen LogP) is 3.48. The van der Waals surface area contributed by atoms with Crippen LogP contribution in [-0.2, 0) is 6.54 Å². The smallest absolute Gasteiger partial charge is 0.123 e. The summed E-state index contributed by atoms with van der Waals surface area (Å²) in [6.45, 7) is 5.44. The molecule has 1 aliphatic rings. The molecule has 0 heterocycles. The van der Waals surface area contributed by atoms with Gasteiger partial charge in [-0.3, -0.25) is 0 Å². The molecule has 0 bridgehead atoms. The van der Waals surface area contributed by atoms with Gasteiger partial charge in [0.2, 0.25) is 0 Å². The van der Waals surface area contributed by atoms with E-state index in [1.807, 2.05) is 12.1 Å². The Kier molecular flexibility index (Phi) is 5.03. The maximum atomic E-state index is 9.00. The Bertz CT molecular complexity index is 482. The Balaban J connectivity index is 2.01. The highest BCUT2D eigenvalue weighted by atomic mass is 16.5. The summed E-state index contributed by atoms with van der Waals surface area (Å²) in [7, 11) is 1.68. The van der Waals surface area contributed by atoms with Gasteiger partial charge in [0, 0.05) is 18.2 Å².